The van der Waals surface area contributed by atoms with Crippen LogP contribution in [0.15, 0.2) is 18.3 Å². The lowest BCUT2D eigenvalue weighted by Crippen LogP contribution is -2.34. The first kappa shape index (κ1) is 14.8. The molecule has 1 saturated carbocycles. The summed E-state index contributed by atoms with van der Waals surface area (Å²) in [5, 5.41) is 6.06. The second kappa shape index (κ2) is 7.24. The first-order chi connectivity index (χ1) is 9.65. The summed E-state index contributed by atoms with van der Waals surface area (Å²) in [6, 6.07) is 3.77. The number of amides is 1. The van der Waals surface area contributed by atoms with Crippen molar-refractivity contribution in [3.8, 4) is 5.88 Å². The fraction of sp³-hybridized carbons (Fsp3) is 0.600. The van der Waals surface area contributed by atoms with Gasteiger partial charge in [-0.1, -0.05) is 6.07 Å². The van der Waals surface area contributed by atoms with Crippen molar-refractivity contribution in [3.05, 3.63) is 23.9 Å². The minimum absolute atomic E-state index is 0.00463. The second-order valence-electron chi connectivity index (χ2n) is 5.49. The van der Waals surface area contributed by atoms with Crippen molar-refractivity contribution in [1.82, 2.24) is 15.6 Å². The van der Waals surface area contributed by atoms with E-state index in [9.17, 15) is 4.79 Å². The third-order valence-electron chi connectivity index (χ3n) is 3.09. The zero-order chi connectivity index (χ0) is 14.4. The number of nitrogens with one attached hydrogen (secondary N) is 2. The summed E-state index contributed by atoms with van der Waals surface area (Å²) >= 11 is 0. The molecular weight excluding hydrogens is 254 g/mol. The highest BCUT2D eigenvalue weighted by Gasteiger charge is 2.20. The molecule has 0 saturated heterocycles. The lowest BCUT2D eigenvalue weighted by atomic mass is 10.2. The molecule has 1 aliphatic carbocycles. The molecule has 0 unspecified atom stereocenters. The topological polar surface area (TPSA) is 63.2 Å². The summed E-state index contributed by atoms with van der Waals surface area (Å²) in [7, 11) is 0. The fourth-order valence-corrected chi connectivity index (χ4v) is 1.86. The van der Waals surface area contributed by atoms with Crippen molar-refractivity contribution in [2.24, 2.45) is 5.92 Å². The summed E-state index contributed by atoms with van der Waals surface area (Å²) in [5.74, 6) is 1.38. The standard InChI is InChI=1S/C15H23N3O2/c1-11(2)20-15-13(4-3-7-17-15)9-18-14(19)10-16-8-12-5-6-12/h3-4,7,11-12,16H,5-6,8-10H2,1-2H3,(H,18,19). The van der Waals surface area contributed by atoms with Crippen molar-refractivity contribution in [3.63, 3.8) is 0 Å². The molecule has 1 heterocycles. The van der Waals surface area contributed by atoms with Gasteiger partial charge in [-0.25, -0.2) is 4.98 Å². The molecule has 110 valence electrons. The molecule has 5 nitrogen and oxygen atoms in total. The maximum Gasteiger partial charge on any atom is 0.234 e. The van der Waals surface area contributed by atoms with E-state index in [1.165, 1.54) is 12.8 Å². The molecular formula is C15H23N3O2. The van der Waals surface area contributed by atoms with E-state index in [4.69, 9.17) is 4.74 Å². The highest BCUT2D eigenvalue weighted by molar-refractivity contribution is 5.78. The first-order valence-electron chi connectivity index (χ1n) is 7.23. The van der Waals surface area contributed by atoms with Crippen LogP contribution < -0.4 is 15.4 Å². The predicted octanol–water partition coefficient (Wildman–Crippen LogP) is 1.48. The number of ether oxygens (including phenoxy) is 1. The van der Waals surface area contributed by atoms with Crippen LogP contribution in [0, 0.1) is 5.92 Å². The Labute approximate surface area is 120 Å². The Balaban J connectivity index is 1.75. The monoisotopic (exact) mass is 277 g/mol. The third kappa shape index (κ3) is 5.17. The third-order valence-corrected chi connectivity index (χ3v) is 3.09. The van der Waals surface area contributed by atoms with E-state index >= 15 is 0 Å². The van der Waals surface area contributed by atoms with Crippen LogP contribution in [0.1, 0.15) is 32.3 Å². The first-order valence-corrected chi connectivity index (χ1v) is 7.23. The number of nitrogens with zero attached hydrogens (tertiary/aromatic N) is 1. The Bertz CT molecular complexity index is 444. The van der Waals surface area contributed by atoms with Gasteiger partial charge in [0.05, 0.1) is 12.6 Å². The van der Waals surface area contributed by atoms with Crippen molar-refractivity contribution in [2.45, 2.75) is 39.3 Å². The summed E-state index contributed by atoms with van der Waals surface area (Å²) in [6.45, 7) is 5.68. The van der Waals surface area contributed by atoms with E-state index in [2.05, 4.69) is 15.6 Å². The van der Waals surface area contributed by atoms with Gasteiger partial charge in [-0.15, -0.1) is 0 Å². The largest absolute Gasteiger partial charge is 0.475 e. The molecule has 2 N–H and O–H groups in total. The van der Waals surface area contributed by atoms with Gasteiger partial charge in [0.1, 0.15) is 0 Å². The van der Waals surface area contributed by atoms with Crippen LogP contribution >= 0.6 is 0 Å². The number of hydrogen-bond donors (Lipinski definition) is 2. The van der Waals surface area contributed by atoms with Gasteiger partial charge in [0, 0.05) is 18.3 Å². The van der Waals surface area contributed by atoms with Gasteiger partial charge in [-0.05, 0) is 45.2 Å². The van der Waals surface area contributed by atoms with Crippen molar-refractivity contribution >= 4 is 5.91 Å². The molecule has 1 aromatic heterocycles. The Morgan fingerprint density at radius 3 is 3.00 bits per heavy atom. The highest BCUT2D eigenvalue weighted by atomic mass is 16.5. The molecule has 0 spiro atoms. The van der Waals surface area contributed by atoms with Gasteiger partial charge in [-0.3, -0.25) is 4.79 Å². The van der Waals surface area contributed by atoms with Gasteiger partial charge in [0.2, 0.25) is 11.8 Å². The van der Waals surface area contributed by atoms with Crippen LogP contribution in [0.25, 0.3) is 0 Å². The molecule has 2 rings (SSSR count). The molecule has 0 aromatic carbocycles. The summed E-state index contributed by atoms with van der Waals surface area (Å²) in [6.07, 6.45) is 4.35. The van der Waals surface area contributed by atoms with E-state index in [0.717, 1.165) is 18.0 Å². The van der Waals surface area contributed by atoms with Crippen LogP contribution in [0.4, 0.5) is 0 Å². The maximum absolute atomic E-state index is 11.7. The molecule has 1 aliphatic rings. The molecule has 20 heavy (non-hydrogen) atoms. The predicted molar refractivity (Wildman–Crippen MR) is 77.4 cm³/mol. The molecule has 0 bridgehead atoms. The molecule has 1 fully saturated rings. The van der Waals surface area contributed by atoms with Gasteiger partial charge >= 0.3 is 0 Å². The van der Waals surface area contributed by atoms with E-state index in [0.29, 0.717) is 19.0 Å². The molecule has 0 atom stereocenters. The van der Waals surface area contributed by atoms with Crippen LogP contribution in [-0.2, 0) is 11.3 Å². The minimum atomic E-state index is 0.00463. The molecule has 1 aromatic rings. The highest BCUT2D eigenvalue weighted by Crippen LogP contribution is 2.27. The maximum atomic E-state index is 11.7. The number of carbonyl (C=O) groups excluding carboxylic acids is 1. The van der Waals surface area contributed by atoms with Gasteiger partial charge in [0.25, 0.3) is 0 Å². The van der Waals surface area contributed by atoms with Gasteiger partial charge in [-0.2, -0.15) is 0 Å². The van der Waals surface area contributed by atoms with E-state index < -0.39 is 0 Å². The van der Waals surface area contributed by atoms with Crippen molar-refractivity contribution in [1.29, 1.82) is 0 Å². The Hall–Kier alpha value is -1.62. The SMILES string of the molecule is CC(C)Oc1ncccc1CNC(=O)CNCC1CC1. The Morgan fingerprint density at radius 1 is 1.50 bits per heavy atom. The molecule has 1 amide bonds. The van der Waals surface area contributed by atoms with E-state index in [1.807, 2.05) is 26.0 Å². The van der Waals surface area contributed by atoms with Crippen LogP contribution in [-0.4, -0.2) is 30.1 Å². The van der Waals surface area contributed by atoms with Crippen molar-refractivity contribution < 1.29 is 9.53 Å². The Kier molecular flexibility index (Phi) is 5.35. The van der Waals surface area contributed by atoms with Crippen LogP contribution in [0.5, 0.6) is 5.88 Å². The van der Waals surface area contributed by atoms with E-state index in [-0.39, 0.29) is 12.0 Å². The average molecular weight is 277 g/mol. The second-order valence-corrected chi connectivity index (χ2v) is 5.49. The summed E-state index contributed by atoms with van der Waals surface area (Å²) in [4.78, 5) is 15.9. The fourth-order valence-electron chi connectivity index (χ4n) is 1.86. The number of hydrogen-bond acceptors (Lipinski definition) is 4. The number of carbonyl (C=O) groups is 1. The number of aromatic nitrogens is 1. The molecule has 0 radical (unpaired) electrons. The zero-order valence-corrected chi connectivity index (χ0v) is 12.2. The van der Waals surface area contributed by atoms with Gasteiger partial charge in [0.15, 0.2) is 0 Å². The summed E-state index contributed by atoms with van der Waals surface area (Å²) < 4.78 is 5.62. The summed E-state index contributed by atoms with van der Waals surface area (Å²) in [5.41, 5.74) is 0.900. The van der Waals surface area contributed by atoms with E-state index in [1.54, 1.807) is 6.20 Å². The number of rotatable bonds is 8. The lowest BCUT2D eigenvalue weighted by molar-refractivity contribution is -0.120. The molecule has 5 heteroatoms. The van der Waals surface area contributed by atoms with Crippen LogP contribution in [0.3, 0.4) is 0 Å². The Morgan fingerprint density at radius 2 is 2.30 bits per heavy atom. The quantitative estimate of drug-likeness (QED) is 0.755. The van der Waals surface area contributed by atoms with Crippen LogP contribution in [0.2, 0.25) is 0 Å². The number of pyridine rings is 1. The minimum Gasteiger partial charge on any atom is -0.475 e. The smallest absolute Gasteiger partial charge is 0.234 e. The van der Waals surface area contributed by atoms with Crippen molar-refractivity contribution in [2.75, 3.05) is 13.1 Å². The average Bonchev–Trinajstić information content (AvgIpc) is 3.21. The van der Waals surface area contributed by atoms with Gasteiger partial charge < -0.3 is 15.4 Å². The molecule has 0 aliphatic heterocycles. The zero-order valence-electron chi connectivity index (χ0n) is 12.2. The normalized spacial score (nSPS) is 14.3. The lowest BCUT2D eigenvalue weighted by Gasteiger charge is -2.13.